The Kier molecular flexibility index (Phi) is 4.05. The van der Waals surface area contributed by atoms with Crippen molar-refractivity contribution in [3.8, 4) is 0 Å². The second-order valence-corrected chi connectivity index (χ2v) is 4.44. The molecule has 0 radical (unpaired) electrons. The zero-order chi connectivity index (χ0) is 14.7. The van der Waals surface area contributed by atoms with Gasteiger partial charge in [-0.05, 0) is 28.7 Å². The van der Waals surface area contributed by atoms with Gasteiger partial charge in [0.2, 0.25) is 0 Å². The Morgan fingerprint density at radius 3 is 2.45 bits per heavy atom. The molecule has 0 unspecified atom stereocenters. The lowest BCUT2D eigenvalue weighted by molar-refractivity contribution is -0.391. The third-order valence-electron chi connectivity index (χ3n) is 2.88. The molecule has 1 aromatic heterocycles. The molecule has 0 aliphatic rings. The average molecular weight is 294 g/mol. The summed E-state index contributed by atoms with van der Waals surface area (Å²) in [7, 11) is 1.48. The first-order valence-corrected chi connectivity index (χ1v) is 6.32. The van der Waals surface area contributed by atoms with E-state index >= 15 is 0 Å². The fraction of sp³-hybridized carbons (Fsp3) is 0.154. The summed E-state index contributed by atoms with van der Waals surface area (Å²) < 4.78 is 1.24. The van der Waals surface area contributed by atoms with E-state index in [0.29, 0.717) is 11.6 Å². The number of hydrogen-bond donors (Lipinski definition) is 1. The molecule has 0 spiro atoms. The minimum absolute atomic E-state index is 0.132. The van der Waals surface area contributed by atoms with Crippen molar-refractivity contribution >= 4 is 29.0 Å². The zero-order valence-electron chi connectivity index (χ0n) is 10.7. The molecule has 7 heteroatoms. The molecule has 0 aliphatic carbocycles. The molecule has 1 amide bonds. The monoisotopic (exact) mass is 293 g/mol. The van der Waals surface area contributed by atoms with Crippen molar-refractivity contribution in [1.82, 2.24) is 4.57 Å². The number of hydrogen-bond acceptors (Lipinski definition) is 3. The fourth-order valence-corrected chi connectivity index (χ4v) is 1.96. The number of nitrogens with one attached hydrogen (secondary N) is 1. The van der Waals surface area contributed by atoms with Crippen molar-refractivity contribution in [3.63, 3.8) is 0 Å². The molecule has 1 aromatic carbocycles. The van der Waals surface area contributed by atoms with Crippen LogP contribution in [0.2, 0.25) is 0 Å². The number of benzene rings is 1. The Balaban J connectivity index is 2.17. The summed E-state index contributed by atoms with van der Waals surface area (Å²) in [6, 6.07) is 9.78. The SMILES string of the molecule is Cn1c(C(=O)Nc2ccc(CCl)cc2)ccc1[N+](=O)[O-]. The first-order valence-electron chi connectivity index (χ1n) is 5.79. The molecule has 0 fully saturated rings. The van der Waals surface area contributed by atoms with Crippen LogP contribution in [0.1, 0.15) is 16.1 Å². The van der Waals surface area contributed by atoms with Crippen LogP contribution in [0.5, 0.6) is 0 Å². The Hall–Kier alpha value is -2.34. The quantitative estimate of drug-likeness (QED) is 0.535. The van der Waals surface area contributed by atoms with E-state index in [9.17, 15) is 14.9 Å². The number of halogens is 1. The number of anilines is 1. The lowest BCUT2D eigenvalue weighted by atomic mass is 10.2. The number of nitro groups is 1. The molecule has 0 saturated heterocycles. The summed E-state index contributed by atoms with van der Waals surface area (Å²) in [6.45, 7) is 0. The maximum Gasteiger partial charge on any atom is 0.323 e. The summed E-state index contributed by atoms with van der Waals surface area (Å²) in [5.74, 6) is -0.134. The van der Waals surface area contributed by atoms with Gasteiger partial charge in [0.05, 0.1) is 7.05 Å². The molecule has 6 nitrogen and oxygen atoms in total. The van der Waals surface area contributed by atoms with Gasteiger partial charge in [0.15, 0.2) is 5.69 Å². The highest BCUT2D eigenvalue weighted by molar-refractivity contribution is 6.17. The molecule has 0 atom stereocenters. The molecule has 2 aromatic rings. The normalized spacial score (nSPS) is 10.3. The van der Waals surface area contributed by atoms with Gasteiger partial charge in [0.1, 0.15) is 0 Å². The van der Waals surface area contributed by atoms with Crippen LogP contribution in [0, 0.1) is 10.1 Å². The van der Waals surface area contributed by atoms with Crippen LogP contribution in [0.4, 0.5) is 11.5 Å². The van der Waals surface area contributed by atoms with Crippen molar-refractivity contribution in [3.05, 3.63) is 57.8 Å². The van der Waals surface area contributed by atoms with Crippen LogP contribution in [0.15, 0.2) is 36.4 Å². The van der Waals surface area contributed by atoms with E-state index in [1.165, 1.54) is 23.7 Å². The molecule has 0 aliphatic heterocycles. The molecule has 20 heavy (non-hydrogen) atoms. The molecule has 1 heterocycles. The first kappa shape index (κ1) is 14.1. The maximum absolute atomic E-state index is 12.0. The van der Waals surface area contributed by atoms with Crippen molar-refractivity contribution in [1.29, 1.82) is 0 Å². The van der Waals surface area contributed by atoms with Crippen LogP contribution in [0.25, 0.3) is 0 Å². The zero-order valence-corrected chi connectivity index (χ0v) is 11.4. The minimum atomic E-state index is -0.536. The topological polar surface area (TPSA) is 77.2 Å². The van der Waals surface area contributed by atoms with Gasteiger partial charge in [0, 0.05) is 17.6 Å². The highest BCUT2D eigenvalue weighted by Crippen LogP contribution is 2.17. The maximum atomic E-state index is 12.0. The van der Waals surface area contributed by atoms with E-state index in [4.69, 9.17) is 11.6 Å². The van der Waals surface area contributed by atoms with Crippen molar-refractivity contribution in [2.45, 2.75) is 5.88 Å². The van der Waals surface area contributed by atoms with Crippen LogP contribution in [-0.4, -0.2) is 15.4 Å². The number of alkyl halides is 1. The van der Waals surface area contributed by atoms with Gasteiger partial charge < -0.3 is 15.4 Å². The van der Waals surface area contributed by atoms with Crippen molar-refractivity contribution in [2.75, 3.05) is 5.32 Å². The van der Waals surface area contributed by atoms with Crippen LogP contribution in [-0.2, 0) is 12.9 Å². The van der Waals surface area contributed by atoms with Gasteiger partial charge in [-0.3, -0.25) is 4.79 Å². The summed E-state index contributed by atoms with van der Waals surface area (Å²) >= 11 is 5.68. The van der Waals surface area contributed by atoms with Crippen LogP contribution >= 0.6 is 11.6 Å². The van der Waals surface area contributed by atoms with Gasteiger partial charge in [0.25, 0.3) is 5.91 Å². The Labute approximate surface area is 120 Å². The smallest absolute Gasteiger partial charge is 0.323 e. The molecular formula is C13H12ClN3O3. The van der Waals surface area contributed by atoms with E-state index in [1.54, 1.807) is 24.3 Å². The molecule has 0 saturated carbocycles. The van der Waals surface area contributed by atoms with E-state index in [-0.39, 0.29) is 11.5 Å². The second-order valence-electron chi connectivity index (χ2n) is 4.18. The third-order valence-corrected chi connectivity index (χ3v) is 3.19. The minimum Gasteiger partial charge on any atom is -0.358 e. The first-order chi connectivity index (χ1) is 9.52. The third kappa shape index (κ3) is 2.80. The standard InChI is InChI=1S/C13H12ClN3O3/c1-16-11(6-7-12(16)17(19)20)13(18)15-10-4-2-9(8-14)3-5-10/h2-7H,8H2,1H3,(H,15,18). The Bertz CT molecular complexity index is 649. The molecule has 1 N–H and O–H groups in total. The Morgan fingerprint density at radius 2 is 1.95 bits per heavy atom. The Morgan fingerprint density at radius 1 is 1.30 bits per heavy atom. The fourth-order valence-electron chi connectivity index (χ4n) is 1.78. The summed E-state index contributed by atoms with van der Waals surface area (Å²) in [4.78, 5) is 22.2. The van der Waals surface area contributed by atoms with Crippen LogP contribution < -0.4 is 5.32 Å². The molecule has 0 bridgehead atoms. The number of carbonyl (C=O) groups excluding carboxylic acids is 1. The van der Waals surface area contributed by atoms with E-state index in [0.717, 1.165) is 5.56 Å². The predicted octanol–water partition coefficient (Wildman–Crippen LogP) is 2.92. The van der Waals surface area contributed by atoms with Gasteiger partial charge in [-0.1, -0.05) is 12.1 Å². The lowest BCUT2D eigenvalue weighted by Gasteiger charge is -2.05. The van der Waals surface area contributed by atoms with E-state index in [2.05, 4.69) is 5.32 Å². The van der Waals surface area contributed by atoms with Crippen molar-refractivity contribution < 1.29 is 9.72 Å². The van der Waals surface area contributed by atoms with Crippen LogP contribution in [0.3, 0.4) is 0 Å². The highest BCUT2D eigenvalue weighted by Gasteiger charge is 2.20. The highest BCUT2D eigenvalue weighted by atomic mass is 35.5. The molecule has 104 valence electrons. The van der Waals surface area contributed by atoms with Gasteiger partial charge in [-0.2, -0.15) is 0 Å². The predicted molar refractivity (Wildman–Crippen MR) is 76.0 cm³/mol. The van der Waals surface area contributed by atoms with Gasteiger partial charge in [-0.15, -0.1) is 11.6 Å². The largest absolute Gasteiger partial charge is 0.358 e. The van der Waals surface area contributed by atoms with Gasteiger partial charge >= 0.3 is 5.82 Å². The number of nitrogens with zero attached hydrogens (tertiary/aromatic N) is 2. The van der Waals surface area contributed by atoms with Crippen molar-refractivity contribution in [2.24, 2.45) is 7.05 Å². The van der Waals surface area contributed by atoms with E-state index in [1.807, 2.05) is 0 Å². The lowest BCUT2D eigenvalue weighted by Crippen LogP contribution is -2.16. The van der Waals surface area contributed by atoms with E-state index < -0.39 is 10.8 Å². The second kappa shape index (κ2) is 5.75. The number of rotatable bonds is 4. The molecular weight excluding hydrogens is 282 g/mol. The molecule has 2 rings (SSSR count). The number of aromatic nitrogens is 1. The van der Waals surface area contributed by atoms with Gasteiger partial charge in [-0.25, -0.2) is 4.57 Å². The average Bonchev–Trinajstić information content (AvgIpc) is 2.81. The number of carbonyl (C=O) groups is 1. The summed E-state index contributed by atoms with van der Waals surface area (Å²) in [5, 5.41) is 13.4. The summed E-state index contributed by atoms with van der Waals surface area (Å²) in [6.07, 6.45) is 0. The number of amides is 1. The summed E-state index contributed by atoms with van der Waals surface area (Å²) in [5.41, 5.74) is 1.77.